The number of ether oxygens (including phenoxy) is 2. The number of sulfonamides is 1. The smallest absolute Gasteiger partial charge is 0.394 e. The topological polar surface area (TPSA) is 127 Å². The van der Waals surface area contributed by atoms with Crippen molar-refractivity contribution >= 4 is 27.3 Å². The normalized spacial score (nSPS) is 12.5. The molecule has 0 aliphatic carbocycles. The van der Waals surface area contributed by atoms with E-state index < -0.39 is 28.1 Å². The number of amides is 1. The van der Waals surface area contributed by atoms with Gasteiger partial charge in [-0.2, -0.15) is 8.78 Å². The predicted octanol–water partition coefficient (Wildman–Crippen LogP) is 3.94. The second-order valence-corrected chi connectivity index (χ2v) is 8.97. The molecule has 0 saturated heterocycles. The molecule has 0 saturated carbocycles. The molecule has 9 nitrogen and oxygen atoms in total. The van der Waals surface area contributed by atoms with E-state index >= 15 is 0 Å². The predicted molar refractivity (Wildman–Crippen MR) is 124 cm³/mol. The summed E-state index contributed by atoms with van der Waals surface area (Å²) in [6.07, 6.45) is -2.09. The van der Waals surface area contributed by atoms with Crippen molar-refractivity contribution in [2.45, 2.75) is 31.0 Å². The van der Waals surface area contributed by atoms with Gasteiger partial charge < -0.3 is 19.9 Å². The molecule has 0 bridgehead atoms. The number of carbonyl (C=O) groups is 1. The fourth-order valence-corrected chi connectivity index (χ4v) is 4.19. The molecule has 35 heavy (non-hydrogen) atoms. The monoisotopic (exact) mass is 507 g/mol. The molecular weight excluding hydrogens is 484 g/mol. The van der Waals surface area contributed by atoms with E-state index in [1.165, 1.54) is 54.9 Å². The van der Waals surface area contributed by atoms with E-state index in [4.69, 9.17) is 4.74 Å². The summed E-state index contributed by atoms with van der Waals surface area (Å²) in [5, 5.41) is 12.7. The van der Waals surface area contributed by atoms with Crippen LogP contribution >= 0.6 is 0 Å². The molecule has 0 aliphatic rings. The summed E-state index contributed by atoms with van der Waals surface area (Å²) in [5.74, 6) is -1.05. The molecule has 0 fully saturated rings. The minimum atomic E-state index is -4.22. The summed E-state index contributed by atoms with van der Waals surface area (Å²) in [6.45, 7) is 2.33. The van der Waals surface area contributed by atoms with Gasteiger partial charge in [0.1, 0.15) is 16.4 Å². The summed E-state index contributed by atoms with van der Waals surface area (Å²) >= 11 is 0. The molecular formula is C23H23F2N3O6S. The van der Waals surface area contributed by atoms with Crippen molar-refractivity contribution in [3.05, 3.63) is 72.6 Å². The number of aromatic nitrogens is 1. The zero-order chi connectivity index (χ0) is 25.6. The number of pyridine rings is 1. The molecule has 3 rings (SSSR count). The third-order valence-corrected chi connectivity index (χ3v) is 5.85. The fraction of sp³-hybridized carbons (Fsp3) is 0.217. The third-order valence-electron chi connectivity index (χ3n) is 4.43. The number of nitrogens with one attached hydrogen (secondary N) is 2. The highest BCUT2D eigenvalue weighted by molar-refractivity contribution is 7.92. The van der Waals surface area contributed by atoms with Crippen LogP contribution in [0.5, 0.6) is 11.5 Å². The molecule has 0 radical (unpaired) electrons. The number of rotatable bonds is 10. The van der Waals surface area contributed by atoms with Crippen LogP contribution in [0.2, 0.25) is 0 Å². The molecule has 1 aromatic heterocycles. The highest BCUT2D eigenvalue weighted by Gasteiger charge is 2.25. The van der Waals surface area contributed by atoms with Gasteiger partial charge in [-0.3, -0.25) is 14.5 Å². The first-order valence-corrected chi connectivity index (χ1v) is 11.8. The van der Waals surface area contributed by atoms with Crippen molar-refractivity contribution in [3.63, 3.8) is 0 Å². The molecule has 1 heterocycles. The Morgan fingerprint density at radius 2 is 1.91 bits per heavy atom. The second-order valence-electron chi connectivity index (χ2n) is 7.32. The van der Waals surface area contributed by atoms with E-state index in [9.17, 15) is 27.1 Å². The summed E-state index contributed by atoms with van der Waals surface area (Å²) in [5.41, 5.74) is 0.456. The number of hydrogen-bond acceptors (Lipinski definition) is 7. The van der Waals surface area contributed by atoms with Crippen molar-refractivity contribution in [1.29, 1.82) is 0 Å². The van der Waals surface area contributed by atoms with Gasteiger partial charge in [0.25, 0.3) is 15.9 Å². The maximum Gasteiger partial charge on any atom is 0.394 e. The van der Waals surface area contributed by atoms with E-state index in [0.717, 1.165) is 6.07 Å². The number of halogens is 2. The van der Waals surface area contributed by atoms with E-state index in [0.29, 0.717) is 6.92 Å². The Morgan fingerprint density at radius 1 is 1.14 bits per heavy atom. The molecule has 1 atom stereocenters. The standard InChI is InChI=1S/C23H23F2N3O6S/c1-3-33-19-13-16(27-22(30)21(29)15-6-5-11-26-14-15)9-10-20(19)35(31,32)28-17-7-4-8-18(12-17)34-23(2,24)25/h4-14,21,28-29H,3H2,1-2H3,(H,27,30). The van der Waals surface area contributed by atoms with E-state index in [2.05, 4.69) is 19.8 Å². The van der Waals surface area contributed by atoms with Gasteiger partial charge in [-0.05, 0) is 37.3 Å². The van der Waals surface area contributed by atoms with Crippen molar-refractivity contribution in [2.24, 2.45) is 0 Å². The Labute approximate surface area is 200 Å². The zero-order valence-electron chi connectivity index (χ0n) is 18.7. The van der Waals surface area contributed by atoms with Gasteiger partial charge in [0.2, 0.25) is 0 Å². The minimum Gasteiger partial charge on any atom is -0.492 e. The van der Waals surface area contributed by atoms with Crippen molar-refractivity contribution in [2.75, 3.05) is 16.6 Å². The number of carbonyl (C=O) groups excluding carboxylic acids is 1. The van der Waals surface area contributed by atoms with Gasteiger partial charge in [0.15, 0.2) is 6.10 Å². The Morgan fingerprint density at radius 3 is 2.57 bits per heavy atom. The lowest BCUT2D eigenvalue weighted by atomic mass is 10.1. The van der Waals surface area contributed by atoms with Gasteiger partial charge in [-0.1, -0.05) is 12.1 Å². The van der Waals surface area contributed by atoms with Crippen molar-refractivity contribution in [1.82, 2.24) is 4.98 Å². The highest BCUT2D eigenvalue weighted by Crippen LogP contribution is 2.31. The van der Waals surface area contributed by atoms with Crippen LogP contribution < -0.4 is 19.5 Å². The lowest BCUT2D eigenvalue weighted by molar-refractivity contribution is -0.158. The van der Waals surface area contributed by atoms with Crippen LogP contribution in [0.4, 0.5) is 20.2 Å². The van der Waals surface area contributed by atoms with E-state index in [1.807, 2.05) is 0 Å². The number of anilines is 2. The van der Waals surface area contributed by atoms with Crippen molar-refractivity contribution < 1.29 is 36.6 Å². The lowest BCUT2D eigenvalue weighted by Crippen LogP contribution is -2.21. The third kappa shape index (κ3) is 7.11. The van der Waals surface area contributed by atoms with Crippen LogP contribution in [0.25, 0.3) is 0 Å². The number of nitrogens with zero attached hydrogens (tertiary/aromatic N) is 1. The van der Waals surface area contributed by atoms with Gasteiger partial charge in [0.05, 0.1) is 12.3 Å². The first-order valence-electron chi connectivity index (χ1n) is 10.3. The first kappa shape index (κ1) is 25.8. The Bertz CT molecular complexity index is 1280. The van der Waals surface area contributed by atoms with Crippen LogP contribution in [0.15, 0.2) is 71.9 Å². The number of hydrogen-bond donors (Lipinski definition) is 3. The van der Waals surface area contributed by atoms with Crippen LogP contribution in [0.1, 0.15) is 25.5 Å². The number of benzene rings is 2. The zero-order valence-corrected chi connectivity index (χ0v) is 19.6. The van der Waals surface area contributed by atoms with Crippen LogP contribution in [0.3, 0.4) is 0 Å². The van der Waals surface area contributed by atoms with E-state index in [-0.39, 0.29) is 39.9 Å². The molecule has 1 unspecified atom stereocenters. The van der Waals surface area contributed by atoms with Gasteiger partial charge in [0, 0.05) is 42.7 Å². The maximum atomic E-state index is 13.1. The van der Waals surface area contributed by atoms with Gasteiger partial charge in [-0.15, -0.1) is 0 Å². The Balaban J connectivity index is 1.82. The van der Waals surface area contributed by atoms with E-state index in [1.54, 1.807) is 13.0 Å². The quantitative estimate of drug-likeness (QED) is 0.379. The summed E-state index contributed by atoms with van der Waals surface area (Å²) in [7, 11) is -4.22. The van der Waals surface area contributed by atoms with Crippen LogP contribution in [0, 0.1) is 0 Å². The average molecular weight is 508 g/mol. The molecule has 1 amide bonds. The van der Waals surface area contributed by atoms with Gasteiger partial charge in [-0.25, -0.2) is 8.42 Å². The van der Waals surface area contributed by atoms with Gasteiger partial charge >= 0.3 is 6.11 Å². The highest BCUT2D eigenvalue weighted by atomic mass is 32.2. The molecule has 12 heteroatoms. The molecule has 3 N–H and O–H groups in total. The molecule has 186 valence electrons. The Kier molecular flexibility index (Phi) is 7.87. The SMILES string of the molecule is CCOc1cc(NC(=O)C(O)c2cccnc2)ccc1S(=O)(=O)Nc1cccc(OC(C)(F)F)c1. The largest absolute Gasteiger partial charge is 0.492 e. The number of aliphatic hydroxyl groups is 1. The summed E-state index contributed by atoms with van der Waals surface area (Å²) in [4.78, 5) is 16.0. The maximum absolute atomic E-state index is 13.1. The van der Waals surface area contributed by atoms with Crippen molar-refractivity contribution in [3.8, 4) is 11.5 Å². The van der Waals surface area contributed by atoms with Crippen LogP contribution in [-0.2, 0) is 14.8 Å². The Hall–Kier alpha value is -3.77. The summed E-state index contributed by atoms with van der Waals surface area (Å²) in [6, 6.07) is 12.0. The molecule has 0 aliphatic heterocycles. The number of aliphatic hydroxyl groups excluding tert-OH is 1. The molecule has 3 aromatic rings. The molecule has 2 aromatic carbocycles. The first-order chi connectivity index (χ1) is 16.5. The fourth-order valence-electron chi connectivity index (χ4n) is 3.02. The lowest BCUT2D eigenvalue weighted by Gasteiger charge is -2.16. The number of alkyl halides is 2. The average Bonchev–Trinajstić information content (AvgIpc) is 2.78. The minimum absolute atomic E-state index is 0.00818. The molecule has 0 spiro atoms. The second kappa shape index (κ2) is 10.7. The van der Waals surface area contributed by atoms with Crippen LogP contribution in [-0.4, -0.2) is 37.1 Å². The summed E-state index contributed by atoms with van der Waals surface area (Å²) < 4.78 is 64.5.